The second kappa shape index (κ2) is 10.5. The third kappa shape index (κ3) is 5.37. The number of ether oxygens (including phenoxy) is 1. The topological polar surface area (TPSA) is 68.2 Å². The zero-order valence-corrected chi connectivity index (χ0v) is 18.8. The van der Waals surface area contributed by atoms with Crippen molar-refractivity contribution in [2.45, 2.75) is 51.8 Å². The van der Waals surface area contributed by atoms with E-state index in [-0.39, 0.29) is 17.9 Å². The largest absolute Gasteiger partial charge is 0.381 e. The molecule has 0 spiro atoms. The normalized spacial score (nSPS) is 18.3. The molecule has 1 aromatic carbocycles. The summed E-state index contributed by atoms with van der Waals surface area (Å²) in [6.45, 7) is 2.86. The molecule has 3 aromatic rings. The van der Waals surface area contributed by atoms with Crippen LogP contribution in [0.3, 0.4) is 0 Å². The van der Waals surface area contributed by atoms with Gasteiger partial charge >= 0.3 is 0 Å². The Hall–Kier alpha value is -3.12. The number of aromatic nitrogens is 3. The molecule has 1 aliphatic carbocycles. The number of carbonyl (C=O) groups is 1. The average Bonchev–Trinajstić information content (AvgIpc) is 2.84. The van der Waals surface area contributed by atoms with E-state index in [1.54, 1.807) is 19.5 Å². The highest BCUT2D eigenvalue weighted by Gasteiger charge is 2.31. The summed E-state index contributed by atoms with van der Waals surface area (Å²) in [5.41, 5.74) is 3.89. The van der Waals surface area contributed by atoms with Crippen LogP contribution in [0.25, 0.3) is 11.1 Å². The summed E-state index contributed by atoms with van der Waals surface area (Å²) in [5.74, 6) is 0.847. The fourth-order valence-corrected chi connectivity index (χ4v) is 4.45. The molecule has 32 heavy (non-hydrogen) atoms. The van der Waals surface area contributed by atoms with Crippen molar-refractivity contribution >= 4 is 5.91 Å². The molecule has 0 bridgehead atoms. The van der Waals surface area contributed by atoms with Crippen LogP contribution in [0.2, 0.25) is 0 Å². The second-order valence-corrected chi connectivity index (χ2v) is 8.41. The van der Waals surface area contributed by atoms with Gasteiger partial charge in [-0.2, -0.15) is 0 Å². The number of amides is 1. The first-order chi connectivity index (χ1) is 15.6. The predicted molar refractivity (Wildman–Crippen MR) is 123 cm³/mol. The van der Waals surface area contributed by atoms with Crippen molar-refractivity contribution < 1.29 is 9.53 Å². The zero-order chi connectivity index (χ0) is 22.3. The molecule has 166 valence electrons. The van der Waals surface area contributed by atoms with E-state index in [1.807, 2.05) is 48.4 Å². The van der Waals surface area contributed by atoms with Crippen LogP contribution in [0.1, 0.15) is 42.8 Å². The Kier molecular flexibility index (Phi) is 7.22. The maximum atomic E-state index is 13.7. The van der Waals surface area contributed by atoms with Crippen LogP contribution in [0.15, 0.2) is 61.1 Å². The zero-order valence-electron chi connectivity index (χ0n) is 18.8. The number of methoxy groups -OCH3 is 1. The monoisotopic (exact) mass is 430 g/mol. The molecule has 1 aliphatic rings. The van der Waals surface area contributed by atoms with E-state index < -0.39 is 0 Å². The lowest BCUT2D eigenvalue weighted by Crippen LogP contribution is -2.39. The molecular weight excluding hydrogens is 400 g/mol. The number of nitrogens with zero attached hydrogens (tertiary/aromatic N) is 4. The van der Waals surface area contributed by atoms with Gasteiger partial charge in [0, 0.05) is 43.7 Å². The quantitative estimate of drug-likeness (QED) is 0.549. The number of hydrogen-bond donors (Lipinski definition) is 0. The average molecular weight is 431 g/mol. The van der Waals surface area contributed by atoms with Crippen molar-refractivity contribution in [2.75, 3.05) is 7.11 Å². The fraction of sp³-hybridized carbons (Fsp3) is 0.385. The molecule has 0 radical (unpaired) electrons. The number of carbonyl (C=O) groups excluding carboxylic acids is 1. The van der Waals surface area contributed by atoms with Crippen LogP contribution >= 0.6 is 0 Å². The Morgan fingerprint density at radius 1 is 1.09 bits per heavy atom. The van der Waals surface area contributed by atoms with Gasteiger partial charge in [-0.25, -0.2) is 9.97 Å². The van der Waals surface area contributed by atoms with E-state index in [0.717, 1.165) is 48.1 Å². The smallest absolute Gasteiger partial charge is 0.226 e. The molecule has 0 unspecified atom stereocenters. The van der Waals surface area contributed by atoms with Gasteiger partial charge in [-0.1, -0.05) is 36.8 Å². The highest BCUT2D eigenvalue weighted by Crippen LogP contribution is 2.30. The summed E-state index contributed by atoms with van der Waals surface area (Å²) < 4.78 is 5.58. The summed E-state index contributed by atoms with van der Waals surface area (Å²) in [6.07, 6.45) is 9.26. The Morgan fingerprint density at radius 3 is 2.62 bits per heavy atom. The number of benzene rings is 1. The molecule has 2 atom stereocenters. The Morgan fingerprint density at radius 2 is 1.88 bits per heavy atom. The van der Waals surface area contributed by atoms with Gasteiger partial charge in [0.25, 0.3) is 0 Å². The van der Waals surface area contributed by atoms with Gasteiger partial charge in [0.2, 0.25) is 5.91 Å². The van der Waals surface area contributed by atoms with Crippen molar-refractivity contribution in [2.24, 2.45) is 5.92 Å². The lowest BCUT2D eigenvalue weighted by molar-refractivity contribution is -0.139. The van der Waals surface area contributed by atoms with Crippen molar-refractivity contribution in [3.05, 3.63) is 78.1 Å². The highest BCUT2D eigenvalue weighted by molar-refractivity contribution is 5.79. The second-order valence-electron chi connectivity index (χ2n) is 8.41. The molecule has 0 aliphatic heterocycles. The maximum absolute atomic E-state index is 13.7. The minimum Gasteiger partial charge on any atom is -0.381 e. The molecule has 4 rings (SSSR count). The molecule has 1 amide bonds. The van der Waals surface area contributed by atoms with Gasteiger partial charge in [0.05, 0.1) is 18.3 Å². The van der Waals surface area contributed by atoms with Crippen LogP contribution in [0, 0.1) is 12.8 Å². The first-order valence-electron chi connectivity index (χ1n) is 11.2. The number of rotatable bonds is 7. The fourth-order valence-electron chi connectivity index (χ4n) is 4.45. The summed E-state index contributed by atoms with van der Waals surface area (Å²) in [4.78, 5) is 28.9. The lowest BCUT2D eigenvalue weighted by atomic mass is 9.86. The van der Waals surface area contributed by atoms with Gasteiger partial charge in [0.15, 0.2) is 0 Å². The Balaban J connectivity index is 1.65. The highest BCUT2D eigenvalue weighted by atomic mass is 16.5. The van der Waals surface area contributed by atoms with Gasteiger partial charge in [-0.3, -0.25) is 9.78 Å². The predicted octanol–water partition coefficient (Wildman–Crippen LogP) is 4.58. The van der Waals surface area contributed by atoms with Gasteiger partial charge in [-0.05, 0) is 49.4 Å². The van der Waals surface area contributed by atoms with E-state index in [1.165, 1.54) is 0 Å². The number of hydrogen-bond acceptors (Lipinski definition) is 5. The number of pyridine rings is 1. The van der Waals surface area contributed by atoms with E-state index in [4.69, 9.17) is 9.72 Å². The number of aryl methyl sites for hydroxylation is 1. The summed E-state index contributed by atoms with van der Waals surface area (Å²) in [6, 6.07) is 14.0. The molecular formula is C26H30N4O2. The Labute approximate surface area is 189 Å². The third-order valence-corrected chi connectivity index (χ3v) is 6.16. The minimum absolute atomic E-state index is 0.0234. The molecule has 1 fully saturated rings. The summed E-state index contributed by atoms with van der Waals surface area (Å²) >= 11 is 0. The standard InChI is InChI=1S/C26H30N4O2/c1-19-28-16-24(21-11-13-27-14-12-21)25(29-19)18-30(17-20-7-4-3-5-8-20)26(31)22-9-6-10-23(15-22)32-2/h3-5,7-8,11-14,16,22-23H,6,9-10,15,17-18H2,1-2H3/t22-,23-/m0/s1. The van der Waals surface area contributed by atoms with Crippen molar-refractivity contribution in [1.82, 2.24) is 19.9 Å². The molecule has 6 nitrogen and oxygen atoms in total. The third-order valence-electron chi connectivity index (χ3n) is 6.16. The van der Waals surface area contributed by atoms with E-state index >= 15 is 0 Å². The first-order valence-corrected chi connectivity index (χ1v) is 11.2. The van der Waals surface area contributed by atoms with Crippen LogP contribution in [0.4, 0.5) is 0 Å². The lowest BCUT2D eigenvalue weighted by Gasteiger charge is -2.32. The van der Waals surface area contributed by atoms with E-state index in [0.29, 0.717) is 18.9 Å². The molecule has 2 aromatic heterocycles. The van der Waals surface area contributed by atoms with Crippen LogP contribution < -0.4 is 0 Å². The van der Waals surface area contributed by atoms with Crippen molar-refractivity contribution in [3.8, 4) is 11.1 Å². The van der Waals surface area contributed by atoms with Crippen LogP contribution in [0.5, 0.6) is 0 Å². The van der Waals surface area contributed by atoms with Gasteiger partial charge in [-0.15, -0.1) is 0 Å². The molecule has 1 saturated carbocycles. The molecule has 6 heteroatoms. The Bertz CT molecular complexity index is 1030. The van der Waals surface area contributed by atoms with Crippen molar-refractivity contribution in [3.63, 3.8) is 0 Å². The first kappa shape index (κ1) is 22.1. The minimum atomic E-state index is -0.0234. The van der Waals surface area contributed by atoms with Crippen molar-refractivity contribution in [1.29, 1.82) is 0 Å². The van der Waals surface area contributed by atoms with Gasteiger partial charge < -0.3 is 9.64 Å². The molecule has 0 saturated heterocycles. The van der Waals surface area contributed by atoms with Crippen LogP contribution in [-0.2, 0) is 22.6 Å². The van der Waals surface area contributed by atoms with Gasteiger partial charge in [0.1, 0.15) is 5.82 Å². The summed E-state index contributed by atoms with van der Waals surface area (Å²) in [7, 11) is 1.74. The van der Waals surface area contributed by atoms with E-state index in [2.05, 4.69) is 22.1 Å². The van der Waals surface area contributed by atoms with Crippen LogP contribution in [-0.4, -0.2) is 39.0 Å². The molecule has 2 heterocycles. The molecule has 0 N–H and O–H groups in total. The van der Waals surface area contributed by atoms with E-state index in [9.17, 15) is 4.79 Å². The SMILES string of the molecule is CO[C@H]1CCC[C@H](C(=O)N(Cc2ccccc2)Cc2nc(C)ncc2-c2ccncc2)C1. The maximum Gasteiger partial charge on any atom is 0.226 e. The summed E-state index contributed by atoms with van der Waals surface area (Å²) in [5, 5.41) is 0.